The number of ether oxygens (including phenoxy) is 1. The van der Waals surface area contributed by atoms with E-state index in [1.165, 1.54) is 11.8 Å². The van der Waals surface area contributed by atoms with Crippen LogP contribution < -0.4 is 5.32 Å². The molecule has 0 aliphatic carbocycles. The standard InChI is InChI=1S/C24H26BrN3O3S/c1-15-10-16(2)12-19(11-15)27-24-28(14-20-4-3-9-31-20)23(30)21(32-24)13-22(29)26-18-7-5-17(25)6-8-18/h5-8,10-12,20-21H,3-4,9,13-14H2,1-2H3,(H,26,29)/t20-,21+/m0/s1. The third kappa shape index (κ3) is 5.79. The molecule has 4 rings (SSSR count). The number of carbonyl (C=O) groups excluding carboxylic acids is 2. The highest BCUT2D eigenvalue weighted by Gasteiger charge is 2.40. The summed E-state index contributed by atoms with van der Waals surface area (Å²) in [6.45, 7) is 5.26. The van der Waals surface area contributed by atoms with Crippen LogP contribution in [0.1, 0.15) is 30.4 Å². The Morgan fingerprint density at radius 1 is 1.22 bits per heavy atom. The molecular formula is C24H26BrN3O3S. The minimum absolute atomic E-state index is 0.0133. The molecule has 0 spiro atoms. The Balaban J connectivity index is 1.51. The molecule has 2 aliphatic rings. The Hall–Kier alpha value is -2.16. The molecule has 2 heterocycles. The first-order valence-electron chi connectivity index (χ1n) is 10.7. The summed E-state index contributed by atoms with van der Waals surface area (Å²) >= 11 is 4.75. The fourth-order valence-electron chi connectivity index (χ4n) is 3.92. The molecule has 168 valence electrons. The first kappa shape index (κ1) is 23.0. The van der Waals surface area contributed by atoms with E-state index in [0.717, 1.165) is 40.7 Å². The largest absolute Gasteiger partial charge is 0.376 e. The monoisotopic (exact) mass is 515 g/mol. The lowest BCUT2D eigenvalue weighted by molar-refractivity contribution is -0.129. The van der Waals surface area contributed by atoms with E-state index in [9.17, 15) is 9.59 Å². The molecular weight excluding hydrogens is 490 g/mol. The number of hydrogen-bond donors (Lipinski definition) is 1. The third-order valence-corrected chi connectivity index (χ3v) is 7.06. The highest BCUT2D eigenvalue weighted by Crippen LogP contribution is 2.33. The molecule has 2 atom stereocenters. The van der Waals surface area contributed by atoms with E-state index < -0.39 is 5.25 Å². The summed E-state index contributed by atoms with van der Waals surface area (Å²) in [7, 11) is 0. The van der Waals surface area contributed by atoms with Crippen molar-refractivity contribution in [3.8, 4) is 0 Å². The summed E-state index contributed by atoms with van der Waals surface area (Å²) in [6.07, 6.45) is 2.04. The van der Waals surface area contributed by atoms with Crippen LogP contribution in [0.5, 0.6) is 0 Å². The average Bonchev–Trinajstić information content (AvgIpc) is 3.33. The van der Waals surface area contributed by atoms with Gasteiger partial charge in [-0.25, -0.2) is 4.99 Å². The lowest BCUT2D eigenvalue weighted by Crippen LogP contribution is -2.38. The van der Waals surface area contributed by atoms with Crippen LogP contribution >= 0.6 is 27.7 Å². The van der Waals surface area contributed by atoms with Crippen molar-refractivity contribution in [1.29, 1.82) is 0 Å². The van der Waals surface area contributed by atoms with Crippen LogP contribution in [0.15, 0.2) is 51.9 Å². The lowest BCUT2D eigenvalue weighted by atomic mass is 10.1. The Morgan fingerprint density at radius 3 is 2.59 bits per heavy atom. The normalized spacial score (nSPS) is 22.0. The Morgan fingerprint density at radius 2 is 1.94 bits per heavy atom. The van der Waals surface area contributed by atoms with Crippen LogP contribution in [0, 0.1) is 13.8 Å². The van der Waals surface area contributed by atoms with Gasteiger partial charge in [-0.1, -0.05) is 33.8 Å². The molecule has 0 unspecified atom stereocenters. The van der Waals surface area contributed by atoms with Gasteiger partial charge in [0.2, 0.25) is 11.8 Å². The molecule has 6 nitrogen and oxygen atoms in total. The van der Waals surface area contributed by atoms with E-state index in [2.05, 4.69) is 27.3 Å². The molecule has 2 amide bonds. The number of nitrogens with zero attached hydrogens (tertiary/aromatic N) is 2. The van der Waals surface area contributed by atoms with Crippen molar-refractivity contribution in [3.63, 3.8) is 0 Å². The summed E-state index contributed by atoms with van der Waals surface area (Å²) in [5.41, 5.74) is 3.76. The first-order chi connectivity index (χ1) is 15.4. The van der Waals surface area contributed by atoms with Gasteiger partial charge in [-0.3, -0.25) is 14.5 Å². The van der Waals surface area contributed by atoms with Gasteiger partial charge in [-0.05, 0) is 74.2 Å². The Labute approximate surface area is 200 Å². The minimum atomic E-state index is -0.503. The van der Waals surface area contributed by atoms with Gasteiger partial charge < -0.3 is 10.1 Å². The minimum Gasteiger partial charge on any atom is -0.376 e. The SMILES string of the molecule is Cc1cc(C)cc(N=C2S[C@H](CC(=O)Nc3ccc(Br)cc3)C(=O)N2C[C@@H]2CCCO2)c1. The molecule has 2 saturated heterocycles. The van der Waals surface area contributed by atoms with Gasteiger partial charge in [0.25, 0.3) is 0 Å². The molecule has 1 N–H and O–H groups in total. The molecule has 8 heteroatoms. The van der Waals surface area contributed by atoms with Crippen molar-refractivity contribution in [2.75, 3.05) is 18.5 Å². The molecule has 32 heavy (non-hydrogen) atoms. The highest BCUT2D eigenvalue weighted by atomic mass is 79.9. The lowest BCUT2D eigenvalue weighted by Gasteiger charge is -2.20. The van der Waals surface area contributed by atoms with Gasteiger partial charge in [0.1, 0.15) is 5.25 Å². The quantitative estimate of drug-likeness (QED) is 0.573. The maximum Gasteiger partial charge on any atom is 0.242 e. The van der Waals surface area contributed by atoms with Gasteiger partial charge >= 0.3 is 0 Å². The van der Waals surface area contributed by atoms with Crippen molar-refractivity contribution in [2.45, 2.75) is 44.5 Å². The molecule has 0 aromatic heterocycles. The summed E-state index contributed by atoms with van der Waals surface area (Å²) in [4.78, 5) is 32.4. The van der Waals surface area contributed by atoms with Crippen LogP contribution in [0.2, 0.25) is 0 Å². The number of rotatable bonds is 6. The molecule has 2 aromatic rings. The van der Waals surface area contributed by atoms with E-state index in [4.69, 9.17) is 9.73 Å². The highest BCUT2D eigenvalue weighted by molar-refractivity contribution is 9.10. The molecule has 2 fully saturated rings. The number of aryl methyl sites for hydroxylation is 2. The van der Waals surface area contributed by atoms with Gasteiger partial charge in [0.05, 0.1) is 18.3 Å². The maximum atomic E-state index is 13.2. The smallest absolute Gasteiger partial charge is 0.242 e. The van der Waals surface area contributed by atoms with Crippen molar-refractivity contribution in [3.05, 3.63) is 58.1 Å². The molecule has 0 radical (unpaired) electrons. The molecule has 0 bridgehead atoms. The van der Waals surface area contributed by atoms with Gasteiger partial charge in [0.15, 0.2) is 5.17 Å². The van der Waals surface area contributed by atoms with Crippen molar-refractivity contribution in [2.24, 2.45) is 4.99 Å². The van der Waals surface area contributed by atoms with Gasteiger partial charge in [0, 0.05) is 23.2 Å². The van der Waals surface area contributed by atoms with Crippen LogP contribution in [0.4, 0.5) is 11.4 Å². The van der Waals surface area contributed by atoms with E-state index >= 15 is 0 Å². The van der Waals surface area contributed by atoms with E-state index in [0.29, 0.717) is 17.4 Å². The number of anilines is 1. The Kier molecular flexibility index (Phi) is 7.33. The van der Waals surface area contributed by atoms with Crippen LogP contribution in [0.3, 0.4) is 0 Å². The van der Waals surface area contributed by atoms with E-state index in [1.807, 2.05) is 50.2 Å². The second-order valence-corrected chi connectivity index (χ2v) is 10.3. The summed E-state index contributed by atoms with van der Waals surface area (Å²) in [5.74, 6) is -0.275. The number of thioether (sulfide) groups is 1. The summed E-state index contributed by atoms with van der Waals surface area (Å²) in [6, 6.07) is 13.5. The van der Waals surface area contributed by atoms with Crippen LogP contribution in [-0.2, 0) is 14.3 Å². The summed E-state index contributed by atoms with van der Waals surface area (Å²) in [5, 5.41) is 3.01. The van der Waals surface area contributed by atoms with Gasteiger partial charge in [-0.2, -0.15) is 0 Å². The maximum absolute atomic E-state index is 13.2. The molecule has 2 aromatic carbocycles. The number of aliphatic imine (C=N–C) groups is 1. The predicted molar refractivity (Wildman–Crippen MR) is 132 cm³/mol. The first-order valence-corrected chi connectivity index (χ1v) is 12.4. The zero-order chi connectivity index (χ0) is 22.7. The number of carbonyl (C=O) groups is 2. The van der Waals surface area contributed by atoms with Crippen LogP contribution in [-0.4, -0.2) is 46.4 Å². The van der Waals surface area contributed by atoms with E-state index in [-0.39, 0.29) is 24.3 Å². The summed E-state index contributed by atoms with van der Waals surface area (Å²) < 4.78 is 6.70. The third-order valence-electron chi connectivity index (χ3n) is 5.36. The fraction of sp³-hybridized carbons (Fsp3) is 0.375. The average molecular weight is 516 g/mol. The second-order valence-electron chi connectivity index (χ2n) is 8.19. The van der Waals surface area contributed by atoms with Crippen molar-refractivity contribution >= 4 is 56.0 Å². The number of amidine groups is 1. The number of halogens is 1. The number of amides is 2. The zero-order valence-electron chi connectivity index (χ0n) is 18.1. The van der Waals surface area contributed by atoms with Crippen LogP contribution in [0.25, 0.3) is 0 Å². The molecule has 0 saturated carbocycles. The predicted octanol–water partition coefficient (Wildman–Crippen LogP) is 5.21. The zero-order valence-corrected chi connectivity index (χ0v) is 20.5. The Bertz CT molecular complexity index is 1020. The number of hydrogen-bond acceptors (Lipinski definition) is 5. The van der Waals surface area contributed by atoms with Crippen molar-refractivity contribution < 1.29 is 14.3 Å². The second kappa shape index (κ2) is 10.2. The fourth-order valence-corrected chi connectivity index (χ4v) is 5.36. The topological polar surface area (TPSA) is 71.0 Å². The van der Waals surface area contributed by atoms with Gasteiger partial charge in [-0.15, -0.1) is 0 Å². The number of benzene rings is 2. The number of nitrogens with one attached hydrogen (secondary N) is 1. The van der Waals surface area contributed by atoms with E-state index in [1.54, 1.807) is 4.90 Å². The van der Waals surface area contributed by atoms with Crippen molar-refractivity contribution in [1.82, 2.24) is 4.90 Å². The molecule has 2 aliphatic heterocycles.